The SMILES string of the molecule is COc1ccc(-c2cc3c(s2)CCOC32CCN(C(=O)C3CCCNC3)CC2)nc1. The molecule has 2 aromatic heterocycles. The Bertz CT molecular complexity index is 897. The molecule has 6 nitrogen and oxygen atoms in total. The minimum absolute atomic E-state index is 0.143. The van der Waals surface area contributed by atoms with E-state index in [1.807, 2.05) is 23.5 Å². The number of carbonyl (C=O) groups excluding carboxylic acids is 1. The Morgan fingerprint density at radius 3 is 2.93 bits per heavy atom. The second kappa shape index (κ2) is 8.29. The molecule has 0 aliphatic carbocycles. The lowest BCUT2D eigenvalue weighted by Crippen LogP contribution is -2.51. The van der Waals surface area contributed by atoms with Gasteiger partial charge in [-0.1, -0.05) is 0 Å². The zero-order valence-corrected chi connectivity index (χ0v) is 18.3. The highest BCUT2D eigenvalue weighted by Gasteiger charge is 2.43. The summed E-state index contributed by atoms with van der Waals surface area (Å²) in [5.74, 6) is 1.23. The Kier molecular flexibility index (Phi) is 5.52. The summed E-state index contributed by atoms with van der Waals surface area (Å²) in [6.07, 6.45) is 6.57. The first-order valence-electron chi connectivity index (χ1n) is 11.0. The van der Waals surface area contributed by atoms with Crippen LogP contribution in [0.25, 0.3) is 10.6 Å². The van der Waals surface area contributed by atoms with E-state index < -0.39 is 0 Å². The Labute approximate surface area is 181 Å². The number of nitrogens with zero attached hydrogens (tertiary/aromatic N) is 2. The number of fused-ring (bicyclic) bond motifs is 2. The molecule has 1 amide bonds. The quantitative estimate of drug-likeness (QED) is 0.815. The van der Waals surface area contributed by atoms with Crippen molar-refractivity contribution in [3.8, 4) is 16.3 Å². The van der Waals surface area contributed by atoms with Gasteiger partial charge in [0.2, 0.25) is 5.91 Å². The minimum Gasteiger partial charge on any atom is -0.495 e. The number of likely N-dealkylation sites (tertiary alicyclic amines) is 1. The van der Waals surface area contributed by atoms with Crippen LogP contribution in [0.3, 0.4) is 0 Å². The molecule has 1 unspecified atom stereocenters. The molecule has 7 heteroatoms. The summed E-state index contributed by atoms with van der Waals surface area (Å²) in [4.78, 5) is 22.2. The highest BCUT2D eigenvalue weighted by molar-refractivity contribution is 7.15. The van der Waals surface area contributed by atoms with E-state index in [0.717, 1.165) is 76.3 Å². The first kappa shape index (κ1) is 20.0. The fourth-order valence-electron chi connectivity index (χ4n) is 5.01. The van der Waals surface area contributed by atoms with Crippen molar-refractivity contribution in [3.63, 3.8) is 0 Å². The number of amides is 1. The number of hydrogen-bond donors (Lipinski definition) is 1. The van der Waals surface area contributed by atoms with Gasteiger partial charge >= 0.3 is 0 Å². The van der Waals surface area contributed by atoms with Gasteiger partial charge in [0.1, 0.15) is 5.75 Å². The van der Waals surface area contributed by atoms with Gasteiger partial charge in [-0.2, -0.15) is 0 Å². The number of pyridine rings is 1. The van der Waals surface area contributed by atoms with Crippen LogP contribution in [0.1, 0.15) is 36.1 Å². The van der Waals surface area contributed by atoms with E-state index >= 15 is 0 Å². The first-order chi connectivity index (χ1) is 14.7. The number of rotatable bonds is 3. The van der Waals surface area contributed by atoms with E-state index in [-0.39, 0.29) is 11.5 Å². The summed E-state index contributed by atoms with van der Waals surface area (Å²) < 4.78 is 11.6. The van der Waals surface area contributed by atoms with E-state index in [1.165, 1.54) is 15.3 Å². The maximum absolute atomic E-state index is 12.9. The summed E-state index contributed by atoms with van der Waals surface area (Å²) in [7, 11) is 1.66. The van der Waals surface area contributed by atoms with Crippen molar-refractivity contribution in [3.05, 3.63) is 34.8 Å². The Morgan fingerprint density at radius 1 is 1.37 bits per heavy atom. The summed E-state index contributed by atoms with van der Waals surface area (Å²) >= 11 is 1.83. The molecule has 5 rings (SSSR count). The average Bonchev–Trinajstić information content (AvgIpc) is 3.26. The van der Waals surface area contributed by atoms with E-state index in [9.17, 15) is 4.79 Å². The van der Waals surface area contributed by atoms with Crippen molar-refractivity contribution >= 4 is 17.2 Å². The molecule has 1 N–H and O–H groups in total. The second-order valence-electron chi connectivity index (χ2n) is 8.49. The molecule has 160 valence electrons. The molecule has 0 saturated carbocycles. The van der Waals surface area contributed by atoms with Crippen LogP contribution >= 0.6 is 11.3 Å². The van der Waals surface area contributed by atoms with E-state index in [2.05, 4.69) is 21.3 Å². The highest BCUT2D eigenvalue weighted by Crippen LogP contribution is 2.46. The number of carbonyl (C=O) groups is 1. The van der Waals surface area contributed by atoms with Crippen molar-refractivity contribution in [1.29, 1.82) is 0 Å². The largest absolute Gasteiger partial charge is 0.495 e. The predicted molar refractivity (Wildman–Crippen MR) is 117 cm³/mol. The van der Waals surface area contributed by atoms with Gasteiger partial charge in [0.25, 0.3) is 0 Å². The van der Waals surface area contributed by atoms with Crippen molar-refractivity contribution < 1.29 is 14.3 Å². The summed E-state index contributed by atoms with van der Waals surface area (Å²) in [6, 6.07) is 6.25. The molecular formula is C23H29N3O3S. The third-order valence-corrected chi connectivity index (χ3v) is 7.98. The fraction of sp³-hybridized carbons (Fsp3) is 0.565. The molecule has 5 heterocycles. The van der Waals surface area contributed by atoms with Crippen LogP contribution in [0.5, 0.6) is 5.75 Å². The monoisotopic (exact) mass is 427 g/mol. The van der Waals surface area contributed by atoms with Crippen LogP contribution in [0.15, 0.2) is 24.4 Å². The van der Waals surface area contributed by atoms with Crippen molar-refractivity contribution in [2.75, 3.05) is 39.9 Å². The smallest absolute Gasteiger partial charge is 0.226 e. The van der Waals surface area contributed by atoms with Crippen LogP contribution in [0.4, 0.5) is 0 Å². The maximum Gasteiger partial charge on any atom is 0.226 e. The van der Waals surface area contributed by atoms with Crippen LogP contribution in [-0.2, 0) is 21.6 Å². The molecule has 2 saturated heterocycles. The molecule has 3 aliphatic rings. The number of methoxy groups -OCH3 is 1. The van der Waals surface area contributed by atoms with Gasteiger partial charge in [0.05, 0.1) is 42.0 Å². The zero-order chi connectivity index (χ0) is 20.6. The molecular weight excluding hydrogens is 398 g/mol. The number of thiophene rings is 1. The minimum atomic E-state index is -0.254. The molecule has 0 bridgehead atoms. The van der Waals surface area contributed by atoms with Crippen LogP contribution < -0.4 is 10.1 Å². The van der Waals surface area contributed by atoms with Gasteiger partial charge in [-0.05, 0) is 56.0 Å². The molecule has 0 aromatic carbocycles. The molecule has 1 atom stereocenters. The maximum atomic E-state index is 12.9. The lowest BCUT2D eigenvalue weighted by Gasteiger charge is -2.44. The number of ether oxygens (including phenoxy) is 2. The molecule has 3 aliphatic heterocycles. The van der Waals surface area contributed by atoms with Crippen molar-refractivity contribution in [2.24, 2.45) is 5.92 Å². The summed E-state index contributed by atoms with van der Waals surface area (Å²) in [5, 5.41) is 3.37. The zero-order valence-electron chi connectivity index (χ0n) is 17.5. The Hall–Kier alpha value is -1.96. The second-order valence-corrected chi connectivity index (χ2v) is 9.63. The Morgan fingerprint density at radius 2 is 2.23 bits per heavy atom. The number of aromatic nitrogens is 1. The standard InChI is InChI=1S/C23H29N3O3S/c1-28-17-4-5-19(25-15-17)21-13-18-20(30-21)6-12-29-23(18)7-10-26(11-8-23)22(27)16-3-2-9-24-14-16/h4-5,13,15-16,24H,2-3,6-12,14H2,1H3. The van der Waals surface area contributed by atoms with E-state index in [4.69, 9.17) is 9.47 Å². The van der Waals surface area contributed by atoms with Gasteiger partial charge in [0.15, 0.2) is 0 Å². The lowest BCUT2D eigenvalue weighted by atomic mass is 9.81. The predicted octanol–water partition coefficient (Wildman–Crippen LogP) is 3.21. The molecule has 1 spiro atoms. The highest BCUT2D eigenvalue weighted by atomic mass is 32.1. The normalized spacial score (nSPS) is 23.2. The number of nitrogens with one attached hydrogen (secondary N) is 1. The topological polar surface area (TPSA) is 63.7 Å². The van der Waals surface area contributed by atoms with Gasteiger partial charge in [-0.25, -0.2) is 0 Å². The van der Waals surface area contributed by atoms with E-state index in [0.29, 0.717) is 5.91 Å². The summed E-state index contributed by atoms with van der Waals surface area (Å²) in [6.45, 7) is 4.17. The van der Waals surface area contributed by atoms with Crippen LogP contribution in [-0.4, -0.2) is 55.7 Å². The third-order valence-electron chi connectivity index (χ3n) is 6.76. The number of hydrogen-bond acceptors (Lipinski definition) is 6. The van der Waals surface area contributed by atoms with Crippen LogP contribution in [0, 0.1) is 5.92 Å². The molecule has 30 heavy (non-hydrogen) atoms. The van der Waals surface area contributed by atoms with Gasteiger partial charge < -0.3 is 19.7 Å². The van der Waals surface area contributed by atoms with Crippen molar-refractivity contribution in [1.82, 2.24) is 15.2 Å². The molecule has 0 radical (unpaired) electrons. The number of piperidine rings is 2. The summed E-state index contributed by atoms with van der Waals surface area (Å²) in [5.41, 5.74) is 2.04. The molecule has 2 fully saturated rings. The third kappa shape index (κ3) is 3.63. The lowest BCUT2D eigenvalue weighted by molar-refractivity contribution is -0.145. The average molecular weight is 428 g/mol. The van der Waals surface area contributed by atoms with Gasteiger partial charge in [-0.15, -0.1) is 11.3 Å². The fourth-order valence-corrected chi connectivity index (χ4v) is 6.22. The first-order valence-corrected chi connectivity index (χ1v) is 11.8. The van der Waals surface area contributed by atoms with Crippen LogP contribution in [0.2, 0.25) is 0 Å². The Balaban J connectivity index is 1.33. The van der Waals surface area contributed by atoms with Gasteiger partial charge in [-0.3, -0.25) is 9.78 Å². The molecule has 2 aromatic rings. The van der Waals surface area contributed by atoms with Crippen molar-refractivity contribution in [2.45, 2.75) is 37.7 Å². The van der Waals surface area contributed by atoms with E-state index in [1.54, 1.807) is 13.3 Å². The van der Waals surface area contributed by atoms with Gasteiger partial charge in [0, 0.05) is 30.9 Å².